The van der Waals surface area contributed by atoms with E-state index in [1.807, 2.05) is 0 Å². The number of anilines is 1. The van der Waals surface area contributed by atoms with Gasteiger partial charge in [-0.2, -0.15) is 13.2 Å². The van der Waals surface area contributed by atoms with Gasteiger partial charge in [-0.1, -0.05) is 30.3 Å². The molecule has 2 aromatic rings. The van der Waals surface area contributed by atoms with Crippen molar-refractivity contribution < 1.29 is 27.6 Å². The Labute approximate surface area is 158 Å². The standard InChI is InChI=1S/C19H18F3N3O3/c1-11(26)24-15-8-3-2-7-14(15)18(28)25-16(17(23)27)10-12-5-4-6-13(9-12)19(20,21)22/h2-9,16H,10H2,1H3,(H2,23,27)(H,24,26)(H,25,28)/t16-/m0/s1. The normalized spacial score (nSPS) is 12.1. The van der Waals surface area contributed by atoms with E-state index in [0.29, 0.717) is 0 Å². The molecule has 0 saturated heterocycles. The highest BCUT2D eigenvalue weighted by Gasteiger charge is 2.31. The molecule has 2 aromatic carbocycles. The number of rotatable bonds is 6. The zero-order chi connectivity index (χ0) is 20.9. The largest absolute Gasteiger partial charge is 0.416 e. The summed E-state index contributed by atoms with van der Waals surface area (Å²) < 4.78 is 38.5. The number of nitrogens with two attached hydrogens (primary N) is 1. The van der Waals surface area contributed by atoms with E-state index in [-0.39, 0.29) is 23.2 Å². The van der Waals surface area contributed by atoms with Crippen LogP contribution in [-0.2, 0) is 22.2 Å². The van der Waals surface area contributed by atoms with Crippen LogP contribution >= 0.6 is 0 Å². The number of carbonyl (C=O) groups is 3. The first-order valence-electron chi connectivity index (χ1n) is 8.21. The predicted molar refractivity (Wildman–Crippen MR) is 96.3 cm³/mol. The molecule has 0 saturated carbocycles. The highest BCUT2D eigenvalue weighted by molar-refractivity contribution is 6.04. The third-order valence-electron chi connectivity index (χ3n) is 3.83. The molecule has 0 heterocycles. The number of amides is 3. The van der Waals surface area contributed by atoms with Crippen LogP contribution in [0.1, 0.15) is 28.4 Å². The van der Waals surface area contributed by atoms with Crippen LogP contribution in [0.4, 0.5) is 18.9 Å². The molecule has 2 rings (SSSR count). The third kappa shape index (κ3) is 5.57. The van der Waals surface area contributed by atoms with Crippen LogP contribution in [0, 0.1) is 0 Å². The molecule has 0 bridgehead atoms. The fourth-order valence-corrected chi connectivity index (χ4v) is 2.55. The van der Waals surface area contributed by atoms with E-state index in [1.165, 1.54) is 31.2 Å². The molecule has 4 N–H and O–H groups in total. The van der Waals surface area contributed by atoms with E-state index < -0.39 is 35.5 Å². The molecule has 0 spiro atoms. The summed E-state index contributed by atoms with van der Waals surface area (Å²) in [6, 6.07) is 9.29. The number of benzene rings is 2. The maximum Gasteiger partial charge on any atom is 0.416 e. The lowest BCUT2D eigenvalue weighted by atomic mass is 10.0. The van der Waals surface area contributed by atoms with Crippen molar-refractivity contribution in [2.24, 2.45) is 5.73 Å². The molecule has 0 aliphatic rings. The van der Waals surface area contributed by atoms with Crippen LogP contribution in [0.15, 0.2) is 48.5 Å². The molecule has 28 heavy (non-hydrogen) atoms. The molecule has 0 aromatic heterocycles. The molecule has 9 heteroatoms. The van der Waals surface area contributed by atoms with Gasteiger partial charge in [0.25, 0.3) is 5.91 Å². The number of alkyl halides is 3. The van der Waals surface area contributed by atoms with Gasteiger partial charge in [0.1, 0.15) is 6.04 Å². The fourth-order valence-electron chi connectivity index (χ4n) is 2.55. The Hall–Kier alpha value is -3.36. The summed E-state index contributed by atoms with van der Waals surface area (Å²) in [7, 11) is 0. The minimum atomic E-state index is -4.53. The van der Waals surface area contributed by atoms with Gasteiger partial charge in [0.15, 0.2) is 0 Å². The van der Waals surface area contributed by atoms with Crippen LogP contribution in [0.25, 0.3) is 0 Å². The molecule has 0 aliphatic carbocycles. The monoisotopic (exact) mass is 393 g/mol. The molecule has 6 nitrogen and oxygen atoms in total. The van der Waals surface area contributed by atoms with Gasteiger partial charge in [-0.3, -0.25) is 14.4 Å². The van der Waals surface area contributed by atoms with Crippen molar-refractivity contribution in [2.45, 2.75) is 25.6 Å². The lowest BCUT2D eigenvalue weighted by Gasteiger charge is -2.18. The van der Waals surface area contributed by atoms with Gasteiger partial charge < -0.3 is 16.4 Å². The molecule has 0 aliphatic heterocycles. The summed E-state index contributed by atoms with van der Waals surface area (Å²) in [6.45, 7) is 1.27. The maximum absolute atomic E-state index is 12.8. The smallest absolute Gasteiger partial charge is 0.368 e. The lowest BCUT2D eigenvalue weighted by molar-refractivity contribution is -0.137. The summed E-state index contributed by atoms with van der Waals surface area (Å²) in [5, 5.41) is 4.90. The Kier molecular flexibility index (Phi) is 6.40. The number of primary amides is 1. The summed E-state index contributed by atoms with van der Waals surface area (Å²) in [6.07, 6.45) is -4.74. The van der Waals surface area contributed by atoms with Gasteiger partial charge in [-0.25, -0.2) is 0 Å². The SMILES string of the molecule is CC(=O)Nc1ccccc1C(=O)N[C@@H](Cc1cccc(C(F)(F)F)c1)C(N)=O. The first-order valence-corrected chi connectivity index (χ1v) is 8.21. The highest BCUT2D eigenvalue weighted by Crippen LogP contribution is 2.29. The van der Waals surface area contributed by atoms with Crippen LogP contribution in [-0.4, -0.2) is 23.8 Å². The highest BCUT2D eigenvalue weighted by atomic mass is 19.4. The van der Waals surface area contributed by atoms with Gasteiger partial charge in [0, 0.05) is 13.3 Å². The van der Waals surface area contributed by atoms with Gasteiger partial charge >= 0.3 is 6.18 Å². The number of halogens is 3. The molecule has 3 amide bonds. The topological polar surface area (TPSA) is 101 Å². The second-order valence-electron chi connectivity index (χ2n) is 6.06. The molecule has 0 unspecified atom stereocenters. The second kappa shape index (κ2) is 8.55. The van der Waals surface area contributed by atoms with Crippen molar-refractivity contribution in [1.29, 1.82) is 0 Å². The Bertz CT molecular complexity index is 897. The maximum atomic E-state index is 12.8. The van der Waals surface area contributed by atoms with Crippen LogP contribution in [0.2, 0.25) is 0 Å². The quantitative estimate of drug-likeness (QED) is 0.703. The number of hydrogen-bond acceptors (Lipinski definition) is 3. The zero-order valence-corrected chi connectivity index (χ0v) is 14.8. The summed E-state index contributed by atoms with van der Waals surface area (Å²) in [5.41, 5.74) is 4.95. The summed E-state index contributed by atoms with van der Waals surface area (Å²) in [4.78, 5) is 35.5. The van der Waals surface area contributed by atoms with Gasteiger partial charge in [-0.05, 0) is 23.8 Å². The number of carbonyl (C=O) groups excluding carboxylic acids is 3. The Morgan fingerprint density at radius 1 is 1.07 bits per heavy atom. The van der Waals surface area contributed by atoms with Crippen LogP contribution < -0.4 is 16.4 Å². The summed E-state index contributed by atoms with van der Waals surface area (Å²) >= 11 is 0. The minimum absolute atomic E-state index is 0.0907. The Morgan fingerprint density at radius 2 is 1.75 bits per heavy atom. The van der Waals surface area contributed by atoms with Crippen LogP contribution in [0.5, 0.6) is 0 Å². The van der Waals surface area contributed by atoms with E-state index in [1.54, 1.807) is 12.1 Å². The molecule has 0 fully saturated rings. The van der Waals surface area contributed by atoms with E-state index in [4.69, 9.17) is 5.73 Å². The average Bonchev–Trinajstić information content (AvgIpc) is 2.60. The summed E-state index contributed by atoms with van der Waals surface area (Å²) in [5.74, 6) is -1.99. The fraction of sp³-hybridized carbons (Fsp3) is 0.211. The zero-order valence-electron chi connectivity index (χ0n) is 14.8. The molecule has 0 radical (unpaired) electrons. The van der Waals surface area contributed by atoms with E-state index >= 15 is 0 Å². The van der Waals surface area contributed by atoms with Crippen molar-refractivity contribution in [3.05, 3.63) is 65.2 Å². The van der Waals surface area contributed by atoms with Crippen LogP contribution in [0.3, 0.4) is 0 Å². The predicted octanol–water partition coefficient (Wildman–Crippen LogP) is 2.49. The van der Waals surface area contributed by atoms with Crippen molar-refractivity contribution in [3.63, 3.8) is 0 Å². The molecular weight excluding hydrogens is 375 g/mol. The van der Waals surface area contributed by atoms with Gasteiger partial charge in [0.05, 0.1) is 16.8 Å². The Morgan fingerprint density at radius 3 is 2.36 bits per heavy atom. The van der Waals surface area contributed by atoms with Gasteiger partial charge in [-0.15, -0.1) is 0 Å². The van der Waals surface area contributed by atoms with Crippen molar-refractivity contribution in [3.8, 4) is 0 Å². The Balaban J connectivity index is 2.22. The third-order valence-corrected chi connectivity index (χ3v) is 3.83. The first kappa shape index (κ1) is 20.9. The van der Waals surface area contributed by atoms with E-state index in [9.17, 15) is 27.6 Å². The van der Waals surface area contributed by atoms with Crippen molar-refractivity contribution >= 4 is 23.4 Å². The average molecular weight is 393 g/mol. The first-order chi connectivity index (χ1) is 13.1. The number of hydrogen-bond donors (Lipinski definition) is 3. The van der Waals surface area contributed by atoms with Crippen molar-refractivity contribution in [2.75, 3.05) is 5.32 Å². The molecule has 148 valence electrons. The van der Waals surface area contributed by atoms with E-state index in [0.717, 1.165) is 12.1 Å². The van der Waals surface area contributed by atoms with Gasteiger partial charge in [0.2, 0.25) is 11.8 Å². The van der Waals surface area contributed by atoms with E-state index in [2.05, 4.69) is 10.6 Å². The minimum Gasteiger partial charge on any atom is -0.368 e. The molecule has 1 atom stereocenters. The molecular formula is C19H18F3N3O3. The lowest BCUT2D eigenvalue weighted by Crippen LogP contribution is -2.46. The number of nitrogens with one attached hydrogen (secondary N) is 2. The number of para-hydroxylation sites is 1. The van der Waals surface area contributed by atoms with Crippen molar-refractivity contribution in [1.82, 2.24) is 5.32 Å². The second-order valence-corrected chi connectivity index (χ2v) is 6.06.